The average Bonchev–Trinajstić information content (AvgIpc) is 2.35. The molecule has 0 aliphatic carbocycles. The molecular formula is C13H21NOS. The van der Waals surface area contributed by atoms with Crippen LogP contribution >= 0.6 is 11.8 Å². The fraction of sp³-hybridized carbons (Fsp3) is 0.538. The first-order chi connectivity index (χ1) is 7.74. The Labute approximate surface area is 103 Å². The van der Waals surface area contributed by atoms with Crippen LogP contribution in [0.15, 0.2) is 24.3 Å². The van der Waals surface area contributed by atoms with Crippen LogP contribution in [-0.4, -0.2) is 30.2 Å². The lowest BCUT2D eigenvalue weighted by atomic mass is 10.1. The zero-order valence-corrected chi connectivity index (χ0v) is 11.1. The maximum Gasteiger partial charge on any atom is 0.0702 e. The van der Waals surface area contributed by atoms with Gasteiger partial charge >= 0.3 is 0 Å². The zero-order valence-electron chi connectivity index (χ0n) is 10.3. The van der Waals surface area contributed by atoms with Crippen molar-refractivity contribution in [3.8, 4) is 0 Å². The number of rotatable bonds is 6. The fourth-order valence-corrected chi connectivity index (χ4v) is 2.73. The highest BCUT2D eigenvalue weighted by Crippen LogP contribution is 2.23. The Hall–Kier alpha value is -0.670. The number of hydrogen-bond donors (Lipinski definition) is 1. The smallest absolute Gasteiger partial charge is 0.0702 e. The van der Waals surface area contributed by atoms with Gasteiger partial charge in [-0.15, -0.1) is 0 Å². The summed E-state index contributed by atoms with van der Waals surface area (Å²) >= 11 is 1.87. The first-order valence-corrected chi connectivity index (χ1v) is 7.04. The van der Waals surface area contributed by atoms with Gasteiger partial charge in [0.2, 0.25) is 0 Å². The molecule has 0 amide bonds. The summed E-state index contributed by atoms with van der Waals surface area (Å²) in [6.07, 6.45) is 3.26. The van der Waals surface area contributed by atoms with Gasteiger partial charge in [-0.1, -0.05) is 25.1 Å². The van der Waals surface area contributed by atoms with Crippen LogP contribution in [0.2, 0.25) is 0 Å². The summed E-state index contributed by atoms with van der Waals surface area (Å²) < 4.78 is 0. The van der Waals surface area contributed by atoms with E-state index in [-0.39, 0.29) is 6.61 Å². The Morgan fingerprint density at radius 1 is 1.38 bits per heavy atom. The first-order valence-electron chi connectivity index (χ1n) is 5.65. The molecule has 1 N–H and O–H groups in total. The second kappa shape index (κ2) is 6.81. The molecule has 0 fully saturated rings. The van der Waals surface area contributed by atoms with E-state index in [1.165, 1.54) is 0 Å². The summed E-state index contributed by atoms with van der Waals surface area (Å²) in [4.78, 5) is 2.28. The number of benzene rings is 1. The molecule has 0 aliphatic rings. The van der Waals surface area contributed by atoms with Crippen molar-refractivity contribution in [3.05, 3.63) is 29.8 Å². The number of anilines is 1. The molecule has 0 aromatic heterocycles. The van der Waals surface area contributed by atoms with E-state index in [2.05, 4.69) is 31.2 Å². The average molecular weight is 239 g/mol. The molecule has 1 rings (SSSR count). The van der Waals surface area contributed by atoms with E-state index in [1.54, 1.807) is 0 Å². The van der Waals surface area contributed by atoms with Gasteiger partial charge in [-0.05, 0) is 18.7 Å². The summed E-state index contributed by atoms with van der Waals surface area (Å²) in [5.74, 6) is 1.12. The van der Waals surface area contributed by atoms with Gasteiger partial charge in [0.1, 0.15) is 0 Å². The van der Waals surface area contributed by atoms with Gasteiger partial charge in [-0.3, -0.25) is 0 Å². The van der Waals surface area contributed by atoms with Gasteiger partial charge < -0.3 is 10.0 Å². The van der Waals surface area contributed by atoms with Gasteiger partial charge in [0.15, 0.2) is 0 Å². The van der Waals surface area contributed by atoms with Crippen molar-refractivity contribution in [3.63, 3.8) is 0 Å². The van der Waals surface area contributed by atoms with E-state index >= 15 is 0 Å². The highest BCUT2D eigenvalue weighted by molar-refractivity contribution is 7.98. The van der Waals surface area contributed by atoms with Gasteiger partial charge in [0, 0.05) is 30.1 Å². The lowest BCUT2D eigenvalue weighted by molar-refractivity contribution is 0.282. The highest BCUT2D eigenvalue weighted by Gasteiger charge is 2.14. The normalized spacial score (nSPS) is 12.5. The van der Waals surface area contributed by atoms with Crippen LogP contribution in [0.3, 0.4) is 0 Å². The molecule has 1 aromatic carbocycles. The molecule has 16 heavy (non-hydrogen) atoms. The van der Waals surface area contributed by atoms with E-state index in [9.17, 15) is 5.11 Å². The Bertz CT molecular complexity index is 317. The van der Waals surface area contributed by atoms with Crippen LogP contribution in [0.5, 0.6) is 0 Å². The number of aliphatic hydroxyl groups is 1. The van der Waals surface area contributed by atoms with Crippen molar-refractivity contribution in [2.24, 2.45) is 0 Å². The molecule has 90 valence electrons. The summed E-state index contributed by atoms with van der Waals surface area (Å²) in [7, 11) is 2.11. The van der Waals surface area contributed by atoms with Crippen LogP contribution < -0.4 is 4.90 Å². The van der Waals surface area contributed by atoms with Crippen LogP contribution in [0.4, 0.5) is 5.69 Å². The summed E-state index contributed by atoms with van der Waals surface area (Å²) in [6.45, 7) is 2.31. The molecule has 0 heterocycles. The predicted octanol–water partition coefficient (Wildman–Crippen LogP) is 2.76. The predicted molar refractivity (Wildman–Crippen MR) is 73.2 cm³/mol. The second-order valence-corrected chi connectivity index (χ2v) is 4.83. The second-order valence-electron chi connectivity index (χ2n) is 3.92. The Morgan fingerprint density at radius 3 is 2.62 bits per heavy atom. The molecule has 0 bridgehead atoms. The number of nitrogens with zero attached hydrogens (tertiary/aromatic N) is 1. The standard InChI is InChI=1S/C13H21NOS/c1-4-12(10-16-3)14(2)13-8-6-5-7-11(13)9-15/h5-8,12,15H,4,9-10H2,1-3H3. The minimum Gasteiger partial charge on any atom is -0.392 e. The van der Waals surface area contributed by atoms with Gasteiger partial charge in [0.25, 0.3) is 0 Å². The number of para-hydroxylation sites is 1. The molecule has 3 heteroatoms. The van der Waals surface area contributed by atoms with E-state index in [4.69, 9.17) is 0 Å². The highest BCUT2D eigenvalue weighted by atomic mass is 32.2. The van der Waals surface area contributed by atoms with Crippen molar-refractivity contribution in [1.82, 2.24) is 0 Å². The molecular weight excluding hydrogens is 218 g/mol. The third-order valence-electron chi connectivity index (χ3n) is 2.92. The van der Waals surface area contributed by atoms with Crippen molar-refractivity contribution < 1.29 is 5.11 Å². The van der Waals surface area contributed by atoms with Crippen molar-refractivity contribution in [2.45, 2.75) is 26.0 Å². The summed E-state index contributed by atoms with van der Waals surface area (Å²) in [5, 5.41) is 9.32. The summed E-state index contributed by atoms with van der Waals surface area (Å²) in [6, 6.07) is 8.59. The van der Waals surface area contributed by atoms with Gasteiger partial charge in [0.05, 0.1) is 6.61 Å². The topological polar surface area (TPSA) is 23.5 Å². The Kier molecular flexibility index (Phi) is 5.71. The zero-order chi connectivity index (χ0) is 12.0. The maximum atomic E-state index is 9.32. The molecule has 0 radical (unpaired) electrons. The largest absolute Gasteiger partial charge is 0.392 e. The molecule has 2 nitrogen and oxygen atoms in total. The number of hydrogen-bond acceptors (Lipinski definition) is 3. The first kappa shape index (κ1) is 13.4. The third-order valence-corrected chi connectivity index (χ3v) is 3.64. The van der Waals surface area contributed by atoms with E-state index in [0.717, 1.165) is 23.4 Å². The minimum atomic E-state index is 0.107. The minimum absolute atomic E-state index is 0.107. The fourth-order valence-electron chi connectivity index (χ4n) is 1.88. The van der Waals surface area contributed by atoms with Crippen molar-refractivity contribution in [1.29, 1.82) is 0 Å². The third kappa shape index (κ3) is 3.16. The molecule has 0 saturated carbocycles. The molecule has 0 aliphatic heterocycles. The molecule has 1 aromatic rings. The van der Waals surface area contributed by atoms with Crippen LogP contribution in [0, 0.1) is 0 Å². The lowest BCUT2D eigenvalue weighted by Gasteiger charge is -2.30. The Balaban J connectivity index is 2.88. The van der Waals surface area contributed by atoms with Gasteiger partial charge in [-0.2, -0.15) is 11.8 Å². The van der Waals surface area contributed by atoms with Crippen LogP contribution in [0.1, 0.15) is 18.9 Å². The molecule has 1 atom stereocenters. The van der Waals surface area contributed by atoms with E-state index in [0.29, 0.717) is 6.04 Å². The maximum absolute atomic E-state index is 9.32. The summed E-state index contributed by atoms with van der Waals surface area (Å²) in [5.41, 5.74) is 2.15. The molecule has 0 spiro atoms. The van der Waals surface area contributed by atoms with Crippen LogP contribution in [-0.2, 0) is 6.61 Å². The lowest BCUT2D eigenvalue weighted by Crippen LogP contribution is -2.33. The molecule has 1 unspecified atom stereocenters. The number of thioether (sulfide) groups is 1. The molecule has 0 saturated heterocycles. The van der Waals surface area contributed by atoms with Crippen molar-refractivity contribution >= 4 is 17.4 Å². The van der Waals surface area contributed by atoms with E-state index < -0.39 is 0 Å². The number of aliphatic hydroxyl groups excluding tert-OH is 1. The SMILES string of the molecule is CCC(CSC)N(C)c1ccccc1CO. The van der Waals surface area contributed by atoms with Gasteiger partial charge in [-0.25, -0.2) is 0 Å². The monoisotopic (exact) mass is 239 g/mol. The quantitative estimate of drug-likeness (QED) is 0.825. The Morgan fingerprint density at radius 2 is 2.06 bits per heavy atom. The van der Waals surface area contributed by atoms with Crippen LogP contribution in [0.25, 0.3) is 0 Å². The van der Waals surface area contributed by atoms with Crippen molar-refractivity contribution in [2.75, 3.05) is 24.0 Å². The van der Waals surface area contributed by atoms with E-state index in [1.807, 2.05) is 30.0 Å².